The molecule has 0 amide bonds. The van der Waals surface area contributed by atoms with E-state index in [-0.39, 0.29) is 11.7 Å². The first-order valence-electron chi connectivity index (χ1n) is 15.9. The van der Waals surface area contributed by atoms with E-state index in [9.17, 15) is 9.90 Å². The Bertz CT molecular complexity index is 1810. The van der Waals surface area contributed by atoms with Crippen molar-refractivity contribution in [3.63, 3.8) is 0 Å². The van der Waals surface area contributed by atoms with Gasteiger partial charge in [0.1, 0.15) is 22.8 Å². The summed E-state index contributed by atoms with van der Waals surface area (Å²) in [5, 5.41) is 10.4. The zero-order valence-electron chi connectivity index (χ0n) is 25.8. The van der Waals surface area contributed by atoms with Crippen molar-refractivity contribution >= 4 is 34.3 Å². The molecule has 1 saturated carbocycles. The Kier molecular flexibility index (Phi) is 7.23. The van der Waals surface area contributed by atoms with Crippen LogP contribution in [-0.4, -0.2) is 75.5 Å². The highest BCUT2D eigenvalue weighted by Gasteiger charge is 2.47. The van der Waals surface area contributed by atoms with Crippen LogP contribution in [0.3, 0.4) is 0 Å². The molecule has 11 nitrogen and oxygen atoms in total. The summed E-state index contributed by atoms with van der Waals surface area (Å²) in [6, 6.07) is 13.6. The van der Waals surface area contributed by atoms with Crippen LogP contribution in [0.25, 0.3) is 11.0 Å². The molecule has 1 N–H and O–H groups in total. The van der Waals surface area contributed by atoms with Gasteiger partial charge < -0.3 is 33.5 Å². The fourth-order valence-electron chi connectivity index (χ4n) is 7.42. The maximum Gasteiger partial charge on any atom is 0.335 e. The van der Waals surface area contributed by atoms with E-state index in [0.717, 1.165) is 68.2 Å². The van der Waals surface area contributed by atoms with E-state index in [4.69, 9.17) is 35.5 Å². The Morgan fingerprint density at radius 3 is 2.72 bits per heavy atom. The van der Waals surface area contributed by atoms with Crippen molar-refractivity contribution in [1.29, 1.82) is 0 Å². The number of nitrogens with zero attached hydrogens (tertiary/aromatic N) is 5. The Morgan fingerprint density at radius 1 is 1.13 bits per heavy atom. The number of pyridine rings is 1. The smallest absolute Gasteiger partial charge is 0.335 e. The van der Waals surface area contributed by atoms with Gasteiger partial charge in [0.05, 0.1) is 48.1 Å². The highest BCUT2D eigenvalue weighted by atomic mass is 35.5. The fourth-order valence-corrected chi connectivity index (χ4v) is 7.53. The fraction of sp³-hybridized carbons (Fsp3) is 0.441. The van der Waals surface area contributed by atoms with Gasteiger partial charge in [0.15, 0.2) is 11.5 Å². The number of piperazine rings is 1. The molecule has 2 aromatic heterocycles. The topological polar surface area (TPSA) is 111 Å². The Labute approximate surface area is 271 Å². The third-order valence-corrected chi connectivity index (χ3v) is 10.1. The van der Waals surface area contributed by atoms with Gasteiger partial charge in [0.2, 0.25) is 0 Å². The first-order chi connectivity index (χ1) is 22.3. The standard InChI is InChI=1S/C34H36ClN5O6/c1-34(29-11-8-21(35)17-36-29)45-27-7-3-6-25(32(27)46-34)39-13-12-38(23-9-10-24(23)39)19-30-37-31-26(40(30)18-22-5-4-14-44-22)15-20(33(41)42)16-28(31)43-2/h3,6-8,11,15-17,22-24H,4-5,9-10,12-14,18-19H2,1-2H3,(H,41,42)/t22-,23+,24+,34+/m0/s1. The predicted molar refractivity (Wildman–Crippen MR) is 171 cm³/mol. The van der Waals surface area contributed by atoms with Crippen molar-refractivity contribution in [1.82, 2.24) is 19.4 Å². The Balaban J connectivity index is 1.07. The van der Waals surface area contributed by atoms with Crippen molar-refractivity contribution < 1.29 is 28.8 Å². The number of carboxylic acid groups (broad SMARTS) is 1. The number of benzene rings is 2. The minimum atomic E-state index is -1.05. The van der Waals surface area contributed by atoms with Gasteiger partial charge >= 0.3 is 5.97 Å². The van der Waals surface area contributed by atoms with Gasteiger partial charge in [-0.15, -0.1) is 0 Å². The van der Waals surface area contributed by atoms with Crippen molar-refractivity contribution in [2.45, 2.75) is 69.7 Å². The number of aromatic carboxylic acids is 1. The summed E-state index contributed by atoms with van der Waals surface area (Å²) in [4.78, 5) is 26.5. The number of hydrogen-bond donors (Lipinski definition) is 1. The van der Waals surface area contributed by atoms with Crippen LogP contribution in [0.1, 0.15) is 54.5 Å². The molecule has 240 valence electrons. The highest BCUT2D eigenvalue weighted by Crippen LogP contribution is 2.51. The number of carbonyl (C=O) groups is 1. The number of methoxy groups -OCH3 is 1. The molecule has 2 saturated heterocycles. The van der Waals surface area contributed by atoms with Crippen molar-refractivity contribution in [3.05, 3.63) is 70.8 Å². The molecule has 3 aliphatic heterocycles. The third-order valence-electron chi connectivity index (χ3n) is 9.88. The first-order valence-corrected chi connectivity index (χ1v) is 16.2. The summed E-state index contributed by atoms with van der Waals surface area (Å²) in [5.74, 6) is 0.760. The first kappa shape index (κ1) is 29.3. The Hall–Kier alpha value is -4.06. The van der Waals surface area contributed by atoms with Gasteiger partial charge in [-0.2, -0.15) is 0 Å². The van der Waals surface area contributed by atoms with Crippen LogP contribution in [0.5, 0.6) is 17.2 Å². The van der Waals surface area contributed by atoms with Gasteiger partial charge in [-0.05, 0) is 62.1 Å². The van der Waals surface area contributed by atoms with Crippen LogP contribution in [0.15, 0.2) is 48.7 Å². The number of fused-ring (bicyclic) bond motifs is 3. The maximum atomic E-state index is 12.0. The van der Waals surface area contributed by atoms with Gasteiger partial charge in [-0.3, -0.25) is 9.88 Å². The van der Waals surface area contributed by atoms with Crippen LogP contribution in [0, 0.1) is 0 Å². The summed E-state index contributed by atoms with van der Waals surface area (Å²) in [7, 11) is 1.56. The number of carboxylic acids is 1. The van der Waals surface area contributed by atoms with Crippen LogP contribution in [-0.2, 0) is 23.6 Å². The second kappa shape index (κ2) is 11.3. The normalized spacial score (nSPS) is 25.5. The van der Waals surface area contributed by atoms with E-state index < -0.39 is 11.8 Å². The zero-order valence-corrected chi connectivity index (χ0v) is 26.6. The SMILES string of the molecule is COc1cc(C(=O)O)cc2c1nc(CN1CCN(c3cccc4c3O[C@](C)(c3ccc(Cl)cn3)O4)[C@@H]3CC[C@H]31)n2C[C@@H]1CCCO1. The number of imidazole rings is 1. The molecule has 0 bridgehead atoms. The van der Waals surface area contributed by atoms with Crippen LogP contribution < -0.4 is 19.1 Å². The van der Waals surface area contributed by atoms with Crippen LogP contribution >= 0.6 is 11.6 Å². The number of aromatic nitrogens is 3. The monoisotopic (exact) mass is 645 g/mol. The summed E-state index contributed by atoms with van der Waals surface area (Å²) < 4.78 is 26.6. The number of hydrogen-bond acceptors (Lipinski definition) is 9. The largest absolute Gasteiger partial charge is 0.494 e. The van der Waals surface area contributed by atoms with Crippen LogP contribution in [0.2, 0.25) is 5.02 Å². The molecule has 2 aromatic carbocycles. The summed E-state index contributed by atoms with van der Waals surface area (Å²) in [6.45, 7) is 5.55. The summed E-state index contributed by atoms with van der Waals surface area (Å²) in [6.07, 6.45) is 5.82. The van der Waals surface area contributed by atoms with Gasteiger partial charge in [0, 0.05) is 44.9 Å². The molecule has 4 aliphatic rings. The van der Waals surface area contributed by atoms with Gasteiger partial charge in [-0.25, -0.2) is 9.78 Å². The lowest BCUT2D eigenvalue weighted by Gasteiger charge is -2.54. The van der Waals surface area contributed by atoms with Crippen molar-refractivity contribution in [2.75, 3.05) is 31.7 Å². The molecule has 4 atom stereocenters. The van der Waals surface area contributed by atoms with E-state index in [1.807, 2.05) is 25.1 Å². The lowest BCUT2D eigenvalue weighted by Crippen LogP contribution is -2.64. The summed E-state index contributed by atoms with van der Waals surface area (Å²) >= 11 is 6.08. The molecular weight excluding hydrogens is 610 g/mol. The van der Waals surface area contributed by atoms with E-state index in [1.165, 1.54) is 0 Å². The lowest BCUT2D eigenvalue weighted by molar-refractivity contribution is -0.0717. The summed E-state index contributed by atoms with van der Waals surface area (Å²) in [5.41, 5.74) is 3.31. The molecule has 0 radical (unpaired) electrons. The molecular formula is C34H36ClN5O6. The van der Waals surface area contributed by atoms with Crippen LogP contribution in [0.4, 0.5) is 5.69 Å². The number of anilines is 1. The number of rotatable bonds is 8. The van der Waals surface area contributed by atoms with Crippen molar-refractivity contribution in [2.24, 2.45) is 0 Å². The molecule has 46 heavy (non-hydrogen) atoms. The second-order valence-electron chi connectivity index (χ2n) is 12.6. The van der Waals surface area contributed by atoms with E-state index in [1.54, 1.807) is 31.5 Å². The third kappa shape index (κ3) is 4.92. The van der Waals surface area contributed by atoms with Gasteiger partial charge in [-0.1, -0.05) is 17.7 Å². The van der Waals surface area contributed by atoms with Crippen molar-refractivity contribution in [3.8, 4) is 17.2 Å². The lowest BCUT2D eigenvalue weighted by atomic mass is 9.81. The average Bonchev–Trinajstić information content (AvgIpc) is 3.76. The number of para-hydroxylation sites is 1. The minimum Gasteiger partial charge on any atom is -0.494 e. The highest BCUT2D eigenvalue weighted by molar-refractivity contribution is 6.30. The minimum absolute atomic E-state index is 0.0695. The van der Waals surface area contributed by atoms with E-state index >= 15 is 0 Å². The molecule has 3 fully saturated rings. The molecule has 0 spiro atoms. The van der Waals surface area contributed by atoms with Gasteiger partial charge in [0.25, 0.3) is 5.79 Å². The molecule has 8 rings (SSSR count). The zero-order chi connectivity index (χ0) is 31.6. The molecule has 12 heteroatoms. The Morgan fingerprint density at radius 2 is 2.00 bits per heavy atom. The number of ether oxygens (including phenoxy) is 4. The molecule has 5 heterocycles. The van der Waals surface area contributed by atoms with E-state index in [2.05, 4.69) is 25.4 Å². The molecule has 1 aliphatic carbocycles. The maximum absolute atomic E-state index is 12.0. The quantitative estimate of drug-likeness (QED) is 0.265. The predicted octanol–water partition coefficient (Wildman–Crippen LogP) is 5.47. The second-order valence-corrected chi connectivity index (χ2v) is 13.1. The molecule has 0 unspecified atom stereocenters. The average molecular weight is 646 g/mol. The van der Waals surface area contributed by atoms with E-state index in [0.29, 0.717) is 52.9 Å². The number of halogens is 1. The molecule has 4 aromatic rings.